The Balaban J connectivity index is 1.32. The molecule has 2 amide bonds. The van der Waals surface area contributed by atoms with Crippen molar-refractivity contribution in [3.05, 3.63) is 11.7 Å². The molecule has 28 heavy (non-hydrogen) atoms. The van der Waals surface area contributed by atoms with Crippen molar-refractivity contribution >= 4 is 11.8 Å². The Kier molecular flexibility index (Phi) is 5.69. The molecule has 1 aliphatic carbocycles. The van der Waals surface area contributed by atoms with Gasteiger partial charge < -0.3 is 14.3 Å². The lowest BCUT2D eigenvalue weighted by Crippen LogP contribution is -2.40. The lowest BCUT2D eigenvalue weighted by atomic mass is 10.1. The van der Waals surface area contributed by atoms with Crippen molar-refractivity contribution in [2.45, 2.75) is 89.6 Å². The summed E-state index contributed by atoms with van der Waals surface area (Å²) in [6.07, 6.45) is 8.19. The van der Waals surface area contributed by atoms with Gasteiger partial charge in [-0.15, -0.1) is 0 Å². The molecule has 2 saturated heterocycles. The fraction of sp³-hybridized carbons (Fsp3) is 0.810. The first-order chi connectivity index (χ1) is 13.5. The smallest absolute Gasteiger partial charge is 0.229 e. The van der Waals surface area contributed by atoms with E-state index in [1.165, 1.54) is 12.8 Å². The van der Waals surface area contributed by atoms with Crippen molar-refractivity contribution in [1.29, 1.82) is 0 Å². The van der Waals surface area contributed by atoms with Crippen molar-refractivity contribution in [2.75, 3.05) is 13.1 Å². The van der Waals surface area contributed by atoms with Crippen LogP contribution in [0.4, 0.5) is 0 Å². The third-order valence-electron chi connectivity index (χ3n) is 6.64. The average Bonchev–Trinajstić information content (AvgIpc) is 3.42. The van der Waals surface area contributed by atoms with Gasteiger partial charge >= 0.3 is 0 Å². The quantitative estimate of drug-likeness (QED) is 0.717. The fourth-order valence-electron chi connectivity index (χ4n) is 5.01. The molecule has 3 heterocycles. The minimum Gasteiger partial charge on any atom is -0.339 e. The van der Waals surface area contributed by atoms with Crippen LogP contribution in [0.3, 0.4) is 0 Å². The van der Waals surface area contributed by atoms with Crippen LogP contribution in [-0.4, -0.2) is 56.9 Å². The molecule has 1 aromatic heterocycles. The van der Waals surface area contributed by atoms with Gasteiger partial charge in [0.25, 0.3) is 0 Å². The van der Waals surface area contributed by atoms with Gasteiger partial charge in [0, 0.05) is 38.3 Å². The van der Waals surface area contributed by atoms with Gasteiger partial charge in [0.15, 0.2) is 5.82 Å². The molecule has 3 fully saturated rings. The molecular weight excluding hydrogens is 356 g/mol. The van der Waals surface area contributed by atoms with E-state index in [-0.39, 0.29) is 23.9 Å². The molecule has 1 aromatic rings. The van der Waals surface area contributed by atoms with Gasteiger partial charge in [-0.05, 0) is 31.6 Å². The predicted octanol–water partition coefficient (Wildman–Crippen LogP) is 2.91. The van der Waals surface area contributed by atoms with Crippen LogP contribution in [0.25, 0.3) is 0 Å². The minimum absolute atomic E-state index is 0.0477. The number of nitrogens with zero attached hydrogens (tertiary/aromatic N) is 4. The second kappa shape index (κ2) is 8.21. The highest BCUT2D eigenvalue weighted by atomic mass is 16.5. The summed E-state index contributed by atoms with van der Waals surface area (Å²) in [5.74, 6) is 2.75. The van der Waals surface area contributed by atoms with Crippen molar-refractivity contribution in [2.24, 2.45) is 5.92 Å². The topological polar surface area (TPSA) is 79.5 Å². The molecule has 7 nitrogen and oxygen atoms in total. The molecule has 2 aliphatic heterocycles. The number of hydrogen-bond donors (Lipinski definition) is 0. The third-order valence-corrected chi connectivity index (χ3v) is 6.64. The Labute approximate surface area is 166 Å². The van der Waals surface area contributed by atoms with Crippen molar-refractivity contribution in [3.8, 4) is 0 Å². The molecule has 7 heteroatoms. The maximum absolute atomic E-state index is 12.6. The number of likely N-dealkylation sites (tertiary alicyclic amines) is 2. The van der Waals surface area contributed by atoms with Gasteiger partial charge in [0.2, 0.25) is 17.7 Å². The molecule has 1 saturated carbocycles. The number of carbonyl (C=O) groups is 2. The van der Waals surface area contributed by atoms with E-state index in [0.29, 0.717) is 43.5 Å². The zero-order chi connectivity index (χ0) is 19.7. The van der Waals surface area contributed by atoms with Gasteiger partial charge in [-0.3, -0.25) is 9.59 Å². The Hall–Kier alpha value is -1.92. The zero-order valence-corrected chi connectivity index (χ0v) is 17.1. The summed E-state index contributed by atoms with van der Waals surface area (Å²) in [5, 5.41) is 4.13. The van der Waals surface area contributed by atoms with Crippen LogP contribution in [-0.2, 0) is 16.0 Å². The molecule has 0 aromatic carbocycles. The van der Waals surface area contributed by atoms with Crippen LogP contribution in [0.1, 0.15) is 82.8 Å². The molecule has 2 atom stereocenters. The standard InChI is InChI=1S/C21H32N4O3/c1-14(2)7-8-19(26)25-11-9-16-17(25)13-20(27)24(16)12-10-18-22-21(28-23-18)15-5-3-4-6-15/h14-17H,3-13H2,1-2H3/t16-,17-/m0/s1. The summed E-state index contributed by atoms with van der Waals surface area (Å²) in [7, 11) is 0. The molecule has 0 bridgehead atoms. The van der Waals surface area contributed by atoms with Gasteiger partial charge in [-0.25, -0.2) is 0 Å². The Morgan fingerprint density at radius 3 is 2.75 bits per heavy atom. The van der Waals surface area contributed by atoms with Crippen LogP contribution >= 0.6 is 0 Å². The summed E-state index contributed by atoms with van der Waals surface area (Å²) in [6, 6.07) is 0.197. The largest absolute Gasteiger partial charge is 0.339 e. The second-order valence-corrected chi connectivity index (χ2v) is 9.01. The molecule has 3 aliphatic rings. The number of carbonyl (C=O) groups excluding carboxylic acids is 2. The van der Waals surface area contributed by atoms with Crippen LogP contribution in [0.2, 0.25) is 0 Å². The second-order valence-electron chi connectivity index (χ2n) is 9.01. The number of hydrogen-bond acceptors (Lipinski definition) is 5. The molecule has 154 valence electrons. The Morgan fingerprint density at radius 1 is 1.21 bits per heavy atom. The van der Waals surface area contributed by atoms with Gasteiger partial charge in [-0.2, -0.15) is 4.98 Å². The first-order valence-electron chi connectivity index (χ1n) is 10.9. The highest BCUT2D eigenvalue weighted by molar-refractivity contribution is 5.83. The summed E-state index contributed by atoms with van der Waals surface area (Å²) in [5.41, 5.74) is 0. The zero-order valence-electron chi connectivity index (χ0n) is 17.1. The third kappa shape index (κ3) is 3.94. The summed E-state index contributed by atoms with van der Waals surface area (Å²) >= 11 is 0. The maximum Gasteiger partial charge on any atom is 0.229 e. The number of fused-ring (bicyclic) bond motifs is 1. The SMILES string of the molecule is CC(C)CCC(=O)N1CC[C@H]2[C@@H]1CC(=O)N2CCc1noc(C2CCCC2)n1. The molecule has 4 rings (SSSR count). The van der Waals surface area contributed by atoms with Gasteiger partial charge in [0.05, 0.1) is 12.1 Å². The van der Waals surface area contributed by atoms with Gasteiger partial charge in [-0.1, -0.05) is 31.8 Å². The van der Waals surface area contributed by atoms with E-state index in [0.717, 1.165) is 38.1 Å². The molecule has 0 N–H and O–H groups in total. The van der Waals surface area contributed by atoms with Crippen LogP contribution in [0.15, 0.2) is 4.52 Å². The molecule has 0 unspecified atom stereocenters. The number of amides is 2. The fourth-order valence-corrected chi connectivity index (χ4v) is 5.01. The van der Waals surface area contributed by atoms with E-state index in [4.69, 9.17) is 4.52 Å². The number of aromatic nitrogens is 2. The maximum atomic E-state index is 12.6. The first kappa shape index (κ1) is 19.4. The van der Waals surface area contributed by atoms with E-state index in [9.17, 15) is 9.59 Å². The van der Waals surface area contributed by atoms with Gasteiger partial charge in [0.1, 0.15) is 0 Å². The minimum atomic E-state index is 0.0477. The summed E-state index contributed by atoms with van der Waals surface area (Å²) < 4.78 is 5.45. The summed E-state index contributed by atoms with van der Waals surface area (Å²) in [4.78, 5) is 33.6. The van der Waals surface area contributed by atoms with E-state index in [1.807, 2.05) is 9.80 Å². The van der Waals surface area contributed by atoms with E-state index in [2.05, 4.69) is 24.0 Å². The monoisotopic (exact) mass is 388 g/mol. The van der Waals surface area contributed by atoms with Crippen molar-refractivity contribution in [3.63, 3.8) is 0 Å². The highest BCUT2D eigenvalue weighted by Gasteiger charge is 2.47. The van der Waals surface area contributed by atoms with Crippen LogP contribution < -0.4 is 0 Å². The molecule has 0 spiro atoms. The van der Waals surface area contributed by atoms with E-state index in [1.54, 1.807) is 0 Å². The lowest BCUT2D eigenvalue weighted by molar-refractivity contribution is -0.132. The van der Waals surface area contributed by atoms with Crippen molar-refractivity contribution in [1.82, 2.24) is 19.9 Å². The molecular formula is C21H32N4O3. The van der Waals surface area contributed by atoms with Crippen LogP contribution in [0, 0.1) is 5.92 Å². The van der Waals surface area contributed by atoms with Crippen molar-refractivity contribution < 1.29 is 14.1 Å². The normalized spacial score (nSPS) is 25.3. The Bertz CT molecular complexity index is 710. The van der Waals surface area contributed by atoms with E-state index >= 15 is 0 Å². The highest BCUT2D eigenvalue weighted by Crippen LogP contribution is 2.34. The average molecular weight is 389 g/mol. The predicted molar refractivity (Wildman–Crippen MR) is 104 cm³/mol. The first-order valence-corrected chi connectivity index (χ1v) is 10.9. The van der Waals surface area contributed by atoms with Crippen LogP contribution in [0.5, 0.6) is 0 Å². The number of rotatable bonds is 7. The van der Waals surface area contributed by atoms with E-state index < -0.39 is 0 Å². The Morgan fingerprint density at radius 2 is 2.00 bits per heavy atom. The lowest BCUT2D eigenvalue weighted by Gasteiger charge is -2.25. The summed E-state index contributed by atoms with van der Waals surface area (Å²) in [6.45, 7) is 5.65. The molecule has 0 radical (unpaired) electrons.